The first-order chi connectivity index (χ1) is 12.0. The highest BCUT2D eigenvalue weighted by Crippen LogP contribution is 2.22. The SMILES string of the molecule is Cc1ccc(COC(=O)c2ccc(-c3ccc(O)cc3)cc2)c(C)c1. The van der Waals surface area contributed by atoms with Crippen molar-refractivity contribution in [3.05, 3.63) is 89.0 Å². The number of phenols is 1. The molecule has 0 heterocycles. The molecule has 0 saturated carbocycles. The second kappa shape index (κ2) is 7.22. The number of hydrogen-bond donors (Lipinski definition) is 1. The van der Waals surface area contributed by atoms with Gasteiger partial charge in [-0.15, -0.1) is 0 Å². The molecule has 0 saturated heterocycles. The Kier molecular flexibility index (Phi) is 4.85. The van der Waals surface area contributed by atoms with Crippen molar-refractivity contribution >= 4 is 5.97 Å². The third-order valence-electron chi connectivity index (χ3n) is 4.18. The molecule has 0 amide bonds. The Labute approximate surface area is 147 Å². The van der Waals surface area contributed by atoms with Crippen LogP contribution in [0, 0.1) is 13.8 Å². The summed E-state index contributed by atoms with van der Waals surface area (Å²) in [5.41, 5.74) is 5.80. The van der Waals surface area contributed by atoms with Crippen LogP contribution in [0.2, 0.25) is 0 Å². The lowest BCUT2D eigenvalue weighted by Gasteiger charge is -2.09. The van der Waals surface area contributed by atoms with E-state index in [-0.39, 0.29) is 18.3 Å². The molecular formula is C22H20O3. The summed E-state index contributed by atoms with van der Waals surface area (Å²) in [6, 6.07) is 20.3. The van der Waals surface area contributed by atoms with E-state index in [1.54, 1.807) is 24.3 Å². The highest BCUT2D eigenvalue weighted by Gasteiger charge is 2.09. The molecule has 0 aliphatic heterocycles. The quantitative estimate of drug-likeness (QED) is 0.681. The van der Waals surface area contributed by atoms with E-state index in [1.807, 2.05) is 50.2 Å². The number of aryl methyl sites for hydroxylation is 2. The number of carbonyl (C=O) groups excluding carboxylic acids is 1. The van der Waals surface area contributed by atoms with Crippen molar-refractivity contribution in [1.82, 2.24) is 0 Å². The average Bonchev–Trinajstić information content (AvgIpc) is 2.61. The van der Waals surface area contributed by atoms with Gasteiger partial charge < -0.3 is 9.84 Å². The molecule has 3 aromatic rings. The maximum Gasteiger partial charge on any atom is 0.338 e. The Morgan fingerprint density at radius 1 is 0.880 bits per heavy atom. The zero-order valence-electron chi connectivity index (χ0n) is 14.3. The van der Waals surface area contributed by atoms with Gasteiger partial charge in [0.05, 0.1) is 5.56 Å². The van der Waals surface area contributed by atoms with Crippen molar-refractivity contribution in [2.75, 3.05) is 0 Å². The molecule has 3 rings (SSSR count). The van der Waals surface area contributed by atoms with E-state index in [0.717, 1.165) is 22.3 Å². The highest BCUT2D eigenvalue weighted by atomic mass is 16.5. The Morgan fingerprint density at radius 2 is 1.48 bits per heavy atom. The molecular weight excluding hydrogens is 312 g/mol. The number of hydrogen-bond acceptors (Lipinski definition) is 3. The summed E-state index contributed by atoms with van der Waals surface area (Å²) < 4.78 is 5.42. The summed E-state index contributed by atoms with van der Waals surface area (Å²) in [6.45, 7) is 4.33. The van der Waals surface area contributed by atoms with Gasteiger partial charge in [-0.05, 0) is 60.4 Å². The number of rotatable bonds is 4. The minimum Gasteiger partial charge on any atom is -0.508 e. The number of phenolic OH excluding ortho intramolecular Hbond substituents is 1. The fourth-order valence-corrected chi connectivity index (χ4v) is 2.69. The molecule has 1 N–H and O–H groups in total. The zero-order valence-corrected chi connectivity index (χ0v) is 14.3. The summed E-state index contributed by atoms with van der Waals surface area (Å²) in [5.74, 6) is -0.104. The van der Waals surface area contributed by atoms with Gasteiger partial charge in [-0.25, -0.2) is 4.79 Å². The van der Waals surface area contributed by atoms with Crippen LogP contribution in [0.15, 0.2) is 66.7 Å². The van der Waals surface area contributed by atoms with Crippen LogP contribution in [-0.4, -0.2) is 11.1 Å². The van der Waals surface area contributed by atoms with Gasteiger partial charge in [-0.1, -0.05) is 48.0 Å². The van der Waals surface area contributed by atoms with E-state index in [0.29, 0.717) is 5.56 Å². The maximum atomic E-state index is 12.2. The third kappa shape index (κ3) is 4.07. The molecule has 0 bridgehead atoms. The largest absolute Gasteiger partial charge is 0.508 e. The molecule has 126 valence electrons. The van der Waals surface area contributed by atoms with Gasteiger partial charge in [0.25, 0.3) is 0 Å². The van der Waals surface area contributed by atoms with Gasteiger partial charge in [-0.2, -0.15) is 0 Å². The predicted molar refractivity (Wildman–Crippen MR) is 98.6 cm³/mol. The van der Waals surface area contributed by atoms with E-state index in [9.17, 15) is 9.90 Å². The van der Waals surface area contributed by atoms with Crippen molar-refractivity contribution in [2.24, 2.45) is 0 Å². The van der Waals surface area contributed by atoms with E-state index in [1.165, 1.54) is 5.56 Å². The van der Waals surface area contributed by atoms with Crippen molar-refractivity contribution < 1.29 is 14.6 Å². The molecule has 25 heavy (non-hydrogen) atoms. The molecule has 0 spiro atoms. The number of esters is 1. The fourth-order valence-electron chi connectivity index (χ4n) is 2.69. The number of benzene rings is 3. The molecule has 3 aromatic carbocycles. The van der Waals surface area contributed by atoms with Gasteiger partial charge in [0, 0.05) is 0 Å². The number of carbonyl (C=O) groups is 1. The lowest BCUT2D eigenvalue weighted by molar-refractivity contribution is 0.0472. The van der Waals surface area contributed by atoms with E-state index in [2.05, 4.69) is 6.07 Å². The minimum absolute atomic E-state index is 0.232. The van der Waals surface area contributed by atoms with E-state index < -0.39 is 0 Å². The first-order valence-corrected chi connectivity index (χ1v) is 8.15. The molecule has 0 atom stereocenters. The van der Waals surface area contributed by atoms with Crippen LogP contribution in [0.1, 0.15) is 27.0 Å². The van der Waals surface area contributed by atoms with Crippen LogP contribution >= 0.6 is 0 Å². The zero-order chi connectivity index (χ0) is 17.8. The van der Waals surface area contributed by atoms with Crippen molar-refractivity contribution in [3.63, 3.8) is 0 Å². The van der Waals surface area contributed by atoms with Gasteiger partial charge >= 0.3 is 5.97 Å². The Morgan fingerprint density at radius 3 is 2.08 bits per heavy atom. The second-order valence-electron chi connectivity index (χ2n) is 6.13. The van der Waals surface area contributed by atoms with Crippen LogP contribution in [0.5, 0.6) is 5.75 Å². The van der Waals surface area contributed by atoms with Gasteiger partial charge in [0.1, 0.15) is 12.4 Å². The smallest absolute Gasteiger partial charge is 0.338 e. The van der Waals surface area contributed by atoms with Crippen molar-refractivity contribution in [2.45, 2.75) is 20.5 Å². The standard InChI is InChI=1S/C22H20O3/c1-15-3-4-20(16(2)13-15)14-25-22(24)19-7-5-17(6-8-19)18-9-11-21(23)12-10-18/h3-13,23H,14H2,1-2H3. The Hall–Kier alpha value is -3.07. The summed E-state index contributed by atoms with van der Waals surface area (Å²) in [6.07, 6.45) is 0. The average molecular weight is 332 g/mol. The molecule has 0 radical (unpaired) electrons. The molecule has 0 fully saturated rings. The number of ether oxygens (including phenoxy) is 1. The van der Waals surface area contributed by atoms with Crippen LogP contribution < -0.4 is 0 Å². The summed E-state index contributed by atoms with van der Waals surface area (Å²) in [4.78, 5) is 12.2. The second-order valence-corrected chi connectivity index (χ2v) is 6.13. The van der Waals surface area contributed by atoms with E-state index in [4.69, 9.17) is 4.74 Å². The minimum atomic E-state index is -0.336. The van der Waals surface area contributed by atoms with Crippen LogP contribution in [0.4, 0.5) is 0 Å². The fraction of sp³-hybridized carbons (Fsp3) is 0.136. The summed E-state index contributed by atoms with van der Waals surface area (Å²) in [5, 5.41) is 9.35. The molecule has 0 aliphatic carbocycles. The molecule has 3 nitrogen and oxygen atoms in total. The lowest BCUT2D eigenvalue weighted by atomic mass is 10.0. The lowest BCUT2D eigenvalue weighted by Crippen LogP contribution is -2.06. The summed E-state index contributed by atoms with van der Waals surface area (Å²) >= 11 is 0. The van der Waals surface area contributed by atoms with Crippen molar-refractivity contribution in [1.29, 1.82) is 0 Å². The van der Waals surface area contributed by atoms with Gasteiger partial charge in [-0.3, -0.25) is 0 Å². The molecule has 0 aliphatic rings. The number of aromatic hydroxyl groups is 1. The Balaban J connectivity index is 1.67. The van der Waals surface area contributed by atoms with Gasteiger partial charge in [0.15, 0.2) is 0 Å². The van der Waals surface area contributed by atoms with Crippen LogP contribution in [-0.2, 0) is 11.3 Å². The topological polar surface area (TPSA) is 46.5 Å². The van der Waals surface area contributed by atoms with Crippen LogP contribution in [0.25, 0.3) is 11.1 Å². The predicted octanol–water partition coefficient (Wildman–Crippen LogP) is 5.03. The Bertz CT molecular complexity index is 878. The van der Waals surface area contributed by atoms with Crippen LogP contribution in [0.3, 0.4) is 0 Å². The monoisotopic (exact) mass is 332 g/mol. The van der Waals surface area contributed by atoms with E-state index >= 15 is 0 Å². The first-order valence-electron chi connectivity index (χ1n) is 8.15. The van der Waals surface area contributed by atoms with Crippen molar-refractivity contribution in [3.8, 4) is 16.9 Å². The third-order valence-corrected chi connectivity index (χ3v) is 4.18. The molecule has 0 unspecified atom stereocenters. The first kappa shape index (κ1) is 16.8. The maximum absolute atomic E-state index is 12.2. The normalized spacial score (nSPS) is 10.5. The molecule has 0 aromatic heterocycles. The summed E-state index contributed by atoms with van der Waals surface area (Å²) in [7, 11) is 0. The van der Waals surface area contributed by atoms with Gasteiger partial charge in [0.2, 0.25) is 0 Å². The molecule has 3 heteroatoms. The highest BCUT2D eigenvalue weighted by molar-refractivity contribution is 5.90.